The third kappa shape index (κ3) is 2.65. The predicted octanol–water partition coefficient (Wildman–Crippen LogP) is 4.60. The highest BCUT2D eigenvalue weighted by Gasteiger charge is 2.26. The number of halogens is 1. The molecular weight excluding hydrogens is 286 g/mol. The van der Waals surface area contributed by atoms with Gasteiger partial charge in [-0.25, -0.2) is 0 Å². The Bertz CT molecular complexity index is 421. The van der Waals surface area contributed by atoms with Crippen LogP contribution in [0.5, 0.6) is 0 Å². The maximum Gasteiger partial charge on any atom is 0.0328 e. The van der Waals surface area contributed by atoms with Gasteiger partial charge in [-0.15, -0.1) is 0 Å². The van der Waals surface area contributed by atoms with Crippen LogP contribution in [0.4, 0.5) is 0 Å². The van der Waals surface area contributed by atoms with Gasteiger partial charge < -0.3 is 5.32 Å². The first-order chi connectivity index (χ1) is 8.72. The van der Waals surface area contributed by atoms with Crippen LogP contribution in [0.1, 0.15) is 56.2 Å². The average molecular weight is 308 g/mol. The maximum absolute atomic E-state index is 3.90. The van der Waals surface area contributed by atoms with E-state index < -0.39 is 0 Å². The molecule has 1 fully saturated rings. The number of rotatable bonds is 2. The van der Waals surface area contributed by atoms with E-state index >= 15 is 0 Å². The topological polar surface area (TPSA) is 12.0 Å². The Morgan fingerprint density at radius 2 is 1.89 bits per heavy atom. The number of aryl methyl sites for hydroxylation is 1. The van der Waals surface area contributed by atoms with Gasteiger partial charge in [0.25, 0.3) is 0 Å². The predicted molar refractivity (Wildman–Crippen MR) is 79.8 cm³/mol. The van der Waals surface area contributed by atoms with Crippen LogP contribution < -0.4 is 5.32 Å². The first-order valence-corrected chi connectivity index (χ1v) is 8.06. The van der Waals surface area contributed by atoms with E-state index in [2.05, 4.69) is 46.4 Å². The Labute approximate surface area is 118 Å². The molecule has 0 saturated heterocycles. The summed E-state index contributed by atoms with van der Waals surface area (Å²) in [6, 6.07) is 8.13. The number of hydrogen-bond donors (Lipinski definition) is 1. The monoisotopic (exact) mass is 307 g/mol. The summed E-state index contributed by atoms with van der Waals surface area (Å²) in [5.41, 5.74) is 3.07. The van der Waals surface area contributed by atoms with Crippen LogP contribution in [-0.2, 0) is 6.42 Å². The minimum atomic E-state index is 0.603. The van der Waals surface area contributed by atoms with E-state index in [1.807, 2.05) is 0 Å². The minimum absolute atomic E-state index is 0.603. The highest BCUT2D eigenvalue weighted by molar-refractivity contribution is 9.10. The molecule has 2 aliphatic rings. The number of fused-ring (bicyclic) bond motifs is 1. The van der Waals surface area contributed by atoms with Crippen LogP contribution in [-0.4, -0.2) is 6.04 Å². The van der Waals surface area contributed by atoms with Gasteiger partial charge in [0.2, 0.25) is 0 Å². The average Bonchev–Trinajstić information content (AvgIpc) is 2.74. The molecule has 1 aromatic rings. The lowest BCUT2D eigenvalue weighted by Crippen LogP contribution is -2.34. The largest absolute Gasteiger partial charge is 0.307 e. The first-order valence-electron chi connectivity index (χ1n) is 7.27. The molecule has 1 saturated carbocycles. The lowest BCUT2D eigenvalue weighted by atomic mass is 9.87. The second kappa shape index (κ2) is 5.34. The van der Waals surface area contributed by atoms with Crippen LogP contribution in [0.15, 0.2) is 22.7 Å². The van der Waals surface area contributed by atoms with Crippen LogP contribution in [0.2, 0.25) is 0 Å². The van der Waals surface area contributed by atoms with E-state index in [0.717, 1.165) is 12.0 Å². The Morgan fingerprint density at radius 1 is 1.11 bits per heavy atom. The minimum Gasteiger partial charge on any atom is -0.307 e. The zero-order valence-electron chi connectivity index (χ0n) is 11.1. The summed E-state index contributed by atoms with van der Waals surface area (Å²) < 4.78 is 1.22. The smallest absolute Gasteiger partial charge is 0.0328 e. The van der Waals surface area contributed by atoms with Gasteiger partial charge in [-0.05, 0) is 67.7 Å². The van der Waals surface area contributed by atoms with Crippen molar-refractivity contribution in [2.45, 2.75) is 57.5 Å². The summed E-state index contributed by atoms with van der Waals surface area (Å²) in [6.07, 6.45) is 8.04. The van der Waals surface area contributed by atoms with Gasteiger partial charge in [0.05, 0.1) is 0 Å². The van der Waals surface area contributed by atoms with Crippen LogP contribution in [0.3, 0.4) is 0 Å². The molecule has 2 aliphatic carbocycles. The van der Waals surface area contributed by atoms with E-state index in [4.69, 9.17) is 0 Å². The summed E-state index contributed by atoms with van der Waals surface area (Å²) in [6.45, 7) is 2.39. The molecule has 0 spiro atoms. The molecule has 0 radical (unpaired) electrons. The summed E-state index contributed by atoms with van der Waals surface area (Å²) in [5.74, 6) is 0.940. The molecule has 1 nitrogen and oxygen atoms in total. The molecule has 0 amide bonds. The van der Waals surface area contributed by atoms with E-state index in [9.17, 15) is 0 Å². The van der Waals surface area contributed by atoms with Crippen LogP contribution >= 0.6 is 15.9 Å². The van der Waals surface area contributed by atoms with E-state index in [1.54, 1.807) is 0 Å². The van der Waals surface area contributed by atoms with E-state index in [0.29, 0.717) is 6.04 Å². The SMILES string of the molecule is CC1CCC(NC2CCc3cc(Br)ccc32)CC1. The first kappa shape index (κ1) is 12.7. The maximum atomic E-state index is 3.90. The fourth-order valence-corrected chi connectivity index (χ4v) is 3.88. The van der Waals surface area contributed by atoms with Gasteiger partial charge >= 0.3 is 0 Å². The highest BCUT2D eigenvalue weighted by atomic mass is 79.9. The van der Waals surface area contributed by atoms with Gasteiger partial charge in [0, 0.05) is 16.6 Å². The molecule has 18 heavy (non-hydrogen) atoms. The Morgan fingerprint density at radius 3 is 2.67 bits per heavy atom. The van der Waals surface area contributed by atoms with Crippen molar-refractivity contribution in [3.05, 3.63) is 33.8 Å². The molecule has 1 atom stereocenters. The molecule has 0 heterocycles. The number of hydrogen-bond acceptors (Lipinski definition) is 1. The van der Waals surface area contributed by atoms with Crippen LogP contribution in [0.25, 0.3) is 0 Å². The molecule has 0 aromatic heterocycles. The van der Waals surface area contributed by atoms with Crippen molar-refractivity contribution in [2.24, 2.45) is 5.92 Å². The molecular formula is C16H22BrN. The van der Waals surface area contributed by atoms with Gasteiger partial charge in [0.1, 0.15) is 0 Å². The van der Waals surface area contributed by atoms with Crippen molar-refractivity contribution in [3.63, 3.8) is 0 Å². The second-order valence-electron chi connectivity index (χ2n) is 6.06. The molecule has 1 aromatic carbocycles. The van der Waals surface area contributed by atoms with Crippen molar-refractivity contribution in [3.8, 4) is 0 Å². The Hall–Kier alpha value is -0.340. The van der Waals surface area contributed by atoms with Crippen molar-refractivity contribution >= 4 is 15.9 Å². The summed E-state index contributed by atoms with van der Waals surface area (Å²) in [7, 11) is 0. The molecule has 1 unspecified atom stereocenters. The number of benzene rings is 1. The molecule has 1 N–H and O–H groups in total. The van der Waals surface area contributed by atoms with Crippen LogP contribution in [0, 0.1) is 5.92 Å². The van der Waals surface area contributed by atoms with Gasteiger partial charge in [-0.3, -0.25) is 0 Å². The third-order valence-corrected chi connectivity index (χ3v) is 5.13. The summed E-state index contributed by atoms with van der Waals surface area (Å²) >= 11 is 3.57. The fourth-order valence-electron chi connectivity index (χ4n) is 3.47. The van der Waals surface area contributed by atoms with Crippen molar-refractivity contribution < 1.29 is 0 Å². The van der Waals surface area contributed by atoms with Crippen molar-refractivity contribution in [1.29, 1.82) is 0 Å². The lowest BCUT2D eigenvalue weighted by Gasteiger charge is -2.30. The third-order valence-electron chi connectivity index (χ3n) is 4.64. The Balaban J connectivity index is 1.66. The molecule has 2 heteroatoms. The lowest BCUT2D eigenvalue weighted by molar-refractivity contribution is 0.286. The normalized spacial score (nSPS) is 31.3. The van der Waals surface area contributed by atoms with Gasteiger partial charge in [-0.1, -0.05) is 28.9 Å². The zero-order chi connectivity index (χ0) is 12.5. The Kier molecular flexibility index (Phi) is 3.76. The standard InChI is InChI=1S/C16H22BrN/c1-11-2-6-14(7-3-11)18-16-9-4-12-10-13(17)5-8-15(12)16/h5,8,10-11,14,16,18H,2-4,6-7,9H2,1H3. The van der Waals surface area contributed by atoms with Crippen molar-refractivity contribution in [1.82, 2.24) is 5.32 Å². The van der Waals surface area contributed by atoms with E-state index in [1.165, 1.54) is 54.1 Å². The van der Waals surface area contributed by atoms with E-state index in [-0.39, 0.29) is 0 Å². The molecule has 3 rings (SSSR count). The molecule has 98 valence electrons. The number of nitrogens with one attached hydrogen (secondary N) is 1. The fraction of sp³-hybridized carbons (Fsp3) is 0.625. The quantitative estimate of drug-likeness (QED) is 0.841. The second-order valence-corrected chi connectivity index (χ2v) is 6.97. The highest BCUT2D eigenvalue weighted by Crippen LogP contribution is 2.34. The molecule has 0 aliphatic heterocycles. The van der Waals surface area contributed by atoms with Gasteiger partial charge in [0.15, 0.2) is 0 Å². The summed E-state index contributed by atoms with van der Waals surface area (Å²) in [4.78, 5) is 0. The van der Waals surface area contributed by atoms with Crippen molar-refractivity contribution in [2.75, 3.05) is 0 Å². The van der Waals surface area contributed by atoms with Gasteiger partial charge in [-0.2, -0.15) is 0 Å². The molecule has 0 bridgehead atoms. The zero-order valence-corrected chi connectivity index (χ0v) is 12.7. The summed E-state index contributed by atoms with van der Waals surface area (Å²) in [5, 5.41) is 3.90.